The number of hydroxylamine groups is 2. The number of ketones is 1. The fraction of sp³-hybridized carbons (Fsp3) is 0.833. The largest absolute Gasteiger partial charge is 0.335 e. The second-order valence-corrected chi connectivity index (χ2v) is 4.92. The minimum atomic E-state index is -0.254. The highest BCUT2D eigenvalue weighted by Gasteiger charge is 2.39. The molecule has 1 rings (SSSR count). The molecule has 0 aliphatic carbocycles. The van der Waals surface area contributed by atoms with E-state index < -0.39 is 0 Å². The maximum absolute atomic E-state index is 12.1. The first-order chi connectivity index (χ1) is 7.88. The number of likely N-dealkylation sites (tertiary alicyclic amines) is 1. The summed E-state index contributed by atoms with van der Waals surface area (Å²) in [6.45, 7) is 8.25. The smallest absolute Gasteiger partial charge is 0.219 e. The van der Waals surface area contributed by atoms with Gasteiger partial charge in [-0.15, -0.1) is 0 Å². The third kappa shape index (κ3) is 3.04. The van der Waals surface area contributed by atoms with Crippen molar-refractivity contribution in [1.82, 2.24) is 9.96 Å². The standard InChI is InChI=1S/C12H22N2O3/c1-8(2)14(17-5)12-9(3)6-13(10(4)15)7-11(12)16/h8-9,12H,6-7H2,1-5H3. The van der Waals surface area contributed by atoms with E-state index in [1.807, 2.05) is 20.8 Å². The Morgan fingerprint density at radius 3 is 2.47 bits per heavy atom. The lowest BCUT2D eigenvalue weighted by Gasteiger charge is -2.41. The average Bonchev–Trinajstić information content (AvgIpc) is 2.22. The Hall–Kier alpha value is -0.940. The van der Waals surface area contributed by atoms with Gasteiger partial charge in [-0.2, -0.15) is 5.06 Å². The molecule has 0 aromatic carbocycles. The van der Waals surface area contributed by atoms with Crippen LogP contribution in [0, 0.1) is 5.92 Å². The summed E-state index contributed by atoms with van der Waals surface area (Å²) in [4.78, 5) is 30.3. The van der Waals surface area contributed by atoms with Crippen molar-refractivity contribution in [3.05, 3.63) is 0 Å². The zero-order valence-corrected chi connectivity index (χ0v) is 11.3. The summed E-state index contributed by atoms with van der Waals surface area (Å²) in [6.07, 6.45) is 0. The zero-order chi connectivity index (χ0) is 13.2. The Morgan fingerprint density at radius 1 is 1.53 bits per heavy atom. The third-order valence-corrected chi connectivity index (χ3v) is 3.16. The van der Waals surface area contributed by atoms with Crippen LogP contribution in [0.25, 0.3) is 0 Å². The van der Waals surface area contributed by atoms with Gasteiger partial charge in [-0.05, 0) is 19.8 Å². The number of hydrogen-bond acceptors (Lipinski definition) is 4. The molecule has 1 fully saturated rings. The lowest BCUT2D eigenvalue weighted by molar-refractivity contribution is -0.202. The fourth-order valence-corrected chi connectivity index (χ4v) is 2.39. The van der Waals surface area contributed by atoms with Gasteiger partial charge >= 0.3 is 0 Å². The Balaban J connectivity index is 2.82. The Labute approximate surface area is 103 Å². The lowest BCUT2D eigenvalue weighted by Crippen LogP contribution is -2.58. The number of carbonyl (C=O) groups is 2. The summed E-state index contributed by atoms with van der Waals surface area (Å²) < 4.78 is 0. The maximum atomic E-state index is 12.1. The van der Waals surface area contributed by atoms with E-state index in [0.29, 0.717) is 6.54 Å². The highest BCUT2D eigenvalue weighted by Crippen LogP contribution is 2.21. The van der Waals surface area contributed by atoms with Crippen molar-refractivity contribution in [3.63, 3.8) is 0 Å². The van der Waals surface area contributed by atoms with Crippen LogP contribution in [-0.4, -0.2) is 53.9 Å². The van der Waals surface area contributed by atoms with E-state index in [-0.39, 0.29) is 36.2 Å². The van der Waals surface area contributed by atoms with E-state index in [1.165, 1.54) is 6.92 Å². The molecule has 0 N–H and O–H groups in total. The summed E-state index contributed by atoms with van der Waals surface area (Å²) >= 11 is 0. The molecule has 1 aliphatic heterocycles. The molecule has 0 spiro atoms. The van der Waals surface area contributed by atoms with E-state index in [4.69, 9.17) is 4.84 Å². The van der Waals surface area contributed by atoms with E-state index in [9.17, 15) is 9.59 Å². The molecular formula is C12H22N2O3. The highest BCUT2D eigenvalue weighted by molar-refractivity contribution is 5.90. The van der Waals surface area contributed by atoms with Gasteiger partial charge in [0.05, 0.1) is 13.7 Å². The molecule has 0 radical (unpaired) electrons. The summed E-state index contributed by atoms with van der Waals surface area (Å²) in [6, 6.07) is -0.115. The maximum Gasteiger partial charge on any atom is 0.219 e. The first-order valence-electron chi connectivity index (χ1n) is 5.99. The van der Waals surface area contributed by atoms with Gasteiger partial charge in [0.1, 0.15) is 6.04 Å². The molecule has 5 heteroatoms. The van der Waals surface area contributed by atoms with Gasteiger partial charge in [-0.3, -0.25) is 9.59 Å². The van der Waals surface area contributed by atoms with Crippen LogP contribution in [0.15, 0.2) is 0 Å². The third-order valence-electron chi connectivity index (χ3n) is 3.16. The topological polar surface area (TPSA) is 49.9 Å². The summed E-state index contributed by atoms with van der Waals surface area (Å²) in [5.41, 5.74) is 0. The van der Waals surface area contributed by atoms with Gasteiger partial charge in [0.15, 0.2) is 5.78 Å². The summed E-state index contributed by atoms with van der Waals surface area (Å²) in [5, 5.41) is 1.73. The van der Waals surface area contributed by atoms with Crippen molar-refractivity contribution in [2.24, 2.45) is 5.92 Å². The number of hydrogen-bond donors (Lipinski definition) is 0. The van der Waals surface area contributed by atoms with Crippen LogP contribution in [0.5, 0.6) is 0 Å². The van der Waals surface area contributed by atoms with Crippen LogP contribution < -0.4 is 0 Å². The minimum Gasteiger partial charge on any atom is -0.335 e. The Bertz CT molecular complexity index is 304. The normalized spacial score (nSPS) is 25.8. The zero-order valence-electron chi connectivity index (χ0n) is 11.3. The predicted octanol–water partition coefficient (Wildman–Crippen LogP) is 0.694. The molecule has 0 aromatic heterocycles. The lowest BCUT2D eigenvalue weighted by atomic mass is 9.91. The molecule has 1 saturated heterocycles. The van der Waals surface area contributed by atoms with E-state index >= 15 is 0 Å². The Morgan fingerprint density at radius 2 is 2.12 bits per heavy atom. The minimum absolute atomic E-state index is 0.0443. The number of amides is 1. The molecular weight excluding hydrogens is 220 g/mol. The van der Waals surface area contributed by atoms with E-state index in [0.717, 1.165) is 0 Å². The second-order valence-electron chi connectivity index (χ2n) is 4.92. The van der Waals surface area contributed by atoms with Crippen LogP contribution in [0.3, 0.4) is 0 Å². The molecule has 98 valence electrons. The van der Waals surface area contributed by atoms with Crippen LogP contribution in [0.2, 0.25) is 0 Å². The molecule has 1 heterocycles. The molecule has 0 bridgehead atoms. The fourth-order valence-electron chi connectivity index (χ4n) is 2.39. The molecule has 1 aliphatic rings. The average molecular weight is 242 g/mol. The molecule has 0 saturated carbocycles. The molecule has 2 atom stereocenters. The number of rotatable bonds is 3. The van der Waals surface area contributed by atoms with Crippen LogP contribution in [0.4, 0.5) is 0 Å². The van der Waals surface area contributed by atoms with Gasteiger partial charge in [-0.25, -0.2) is 0 Å². The summed E-state index contributed by atoms with van der Waals surface area (Å²) in [7, 11) is 1.58. The highest BCUT2D eigenvalue weighted by atomic mass is 16.7. The van der Waals surface area contributed by atoms with Gasteiger partial charge in [0, 0.05) is 19.5 Å². The van der Waals surface area contributed by atoms with Crippen molar-refractivity contribution in [1.29, 1.82) is 0 Å². The van der Waals surface area contributed by atoms with Crippen LogP contribution in [0.1, 0.15) is 27.7 Å². The predicted molar refractivity (Wildman–Crippen MR) is 64.2 cm³/mol. The van der Waals surface area contributed by atoms with Gasteiger partial charge in [-0.1, -0.05) is 6.92 Å². The Kier molecular flexibility index (Phi) is 4.65. The molecule has 1 amide bonds. The van der Waals surface area contributed by atoms with E-state index in [1.54, 1.807) is 17.1 Å². The summed E-state index contributed by atoms with van der Waals surface area (Å²) in [5.74, 6) is 0.0918. The van der Waals surface area contributed by atoms with E-state index in [2.05, 4.69) is 0 Å². The number of carbonyl (C=O) groups excluding carboxylic acids is 2. The van der Waals surface area contributed by atoms with Crippen molar-refractivity contribution >= 4 is 11.7 Å². The van der Waals surface area contributed by atoms with Crippen molar-refractivity contribution in [2.45, 2.75) is 39.8 Å². The number of nitrogens with zero attached hydrogens (tertiary/aromatic N) is 2. The number of Topliss-reactive ketones (excluding diaryl/α,β-unsaturated/α-hetero) is 1. The van der Waals surface area contributed by atoms with Crippen molar-refractivity contribution < 1.29 is 14.4 Å². The molecule has 5 nitrogen and oxygen atoms in total. The van der Waals surface area contributed by atoms with Crippen molar-refractivity contribution in [2.75, 3.05) is 20.2 Å². The van der Waals surface area contributed by atoms with Gasteiger partial charge in [0.25, 0.3) is 0 Å². The van der Waals surface area contributed by atoms with Gasteiger partial charge in [0.2, 0.25) is 5.91 Å². The first-order valence-corrected chi connectivity index (χ1v) is 5.99. The van der Waals surface area contributed by atoms with Crippen molar-refractivity contribution in [3.8, 4) is 0 Å². The monoisotopic (exact) mass is 242 g/mol. The first kappa shape index (κ1) is 14.1. The second kappa shape index (κ2) is 5.60. The van der Waals surface area contributed by atoms with Gasteiger partial charge < -0.3 is 9.74 Å². The van der Waals surface area contributed by atoms with Crippen LogP contribution >= 0.6 is 0 Å². The quantitative estimate of drug-likeness (QED) is 0.683. The number of piperidine rings is 1. The molecule has 2 unspecified atom stereocenters. The molecule has 0 aromatic rings. The molecule has 17 heavy (non-hydrogen) atoms. The SMILES string of the molecule is CON(C(C)C)C1C(=O)CN(C(C)=O)CC1C. The van der Waals surface area contributed by atoms with Crippen LogP contribution in [-0.2, 0) is 14.4 Å².